The molecule has 0 spiro atoms. The van der Waals surface area contributed by atoms with Crippen molar-refractivity contribution in [2.24, 2.45) is 11.8 Å². The third-order valence-electron chi connectivity index (χ3n) is 5.20. The molecule has 1 saturated heterocycles. The van der Waals surface area contributed by atoms with Gasteiger partial charge in [-0.2, -0.15) is 0 Å². The first-order chi connectivity index (χ1) is 14.4. The molecule has 1 aliphatic heterocycles. The van der Waals surface area contributed by atoms with E-state index in [2.05, 4.69) is 42.4 Å². The number of para-hydroxylation sites is 2. The van der Waals surface area contributed by atoms with Gasteiger partial charge in [0.25, 0.3) is 5.91 Å². The number of nitrogens with zero attached hydrogens (tertiary/aromatic N) is 1. The average Bonchev–Trinajstić information content (AvgIpc) is 2.73. The van der Waals surface area contributed by atoms with E-state index in [9.17, 15) is 4.79 Å². The molecular formula is C24H31N3O2S. The van der Waals surface area contributed by atoms with Crippen LogP contribution in [0.15, 0.2) is 48.5 Å². The van der Waals surface area contributed by atoms with E-state index in [-0.39, 0.29) is 11.0 Å². The van der Waals surface area contributed by atoms with Gasteiger partial charge >= 0.3 is 0 Å². The number of nitrogens with one attached hydrogen (secondary N) is 2. The predicted molar refractivity (Wildman–Crippen MR) is 128 cm³/mol. The van der Waals surface area contributed by atoms with Gasteiger partial charge in [0, 0.05) is 18.7 Å². The Kier molecular flexibility index (Phi) is 7.69. The Bertz CT molecular complexity index is 859. The van der Waals surface area contributed by atoms with Crippen molar-refractivity contribution < 1.29 is 9.53 Å². The summed E-state index contributed by atoms with van der Waals surface area (Å²) >= 11 is 5.40. The van der Waals surface area contributed by atoms with Crippen LogP contribution in [0.5, 0.6) is 5.75 Å². The molecule has 0 aliphatic carbocycles. The number of carbonyl (C=O) groups excluding carboxylic acids is 1. The molecular weight excluding hydrogens is 394 g/mol. The number of rotatable bonds is 6. The molecule has 2 aromatic rings. The van der Waals surface area contributed by atoms with Crippen LogP contribution in [-0.2, 0) is 0 Å². The topological polar surface area (TPSA) is 53.6 Å². The lowest BCUT2D eigenvalue weighted by atomic mass is 9.98. The quantitative estimate of drug-likeness (QED) is 0.632. The number of hydrogen-bond acceptors (Lipinski definition) is 4. The van der Waals surface area contributed by atoms with Gasteiger partial charge in [-0.1, -0.05) is 32.9 Å². The Morgan fingerprint density at radius 2 is 1.80 bits per heavy atom. The number of carbonyl (C=O) groups is 1. The molecule has 0 unspecified atom stereocenters. The van der Waals surface area contributed by atoms with Gasteiger partial charge in [0.15, 0.2) is 5.11 Å². The Labute approximate surface area is 184 Å². The van der Waals surface area contributed by atoms with Crippen LogP contribution >= 0.6 is 12.2 Å². The lowest BCUT2D eigenvalue weighted by Crippen LogP contribution is -2.36. The first-order valence-corrected chi connectivity index (χ1v) is 11.0. The first kappa shape index (κ1) is 22.1. The molecule has 160 valence electrons. The number of amides is 1. The van der Waals surface area contributed by atoms with Gasteiger partial charge in [-0.25, -0.2) is 0 Å². The highest BCUT2D eigenvalue weighted by atomic mass is 32.1. The van der Waals surface area contributed by atoms with E-state index in [4.69, 9.17) is 17.0 Å². The average molecular weight is 426 g/mol. The molecule has 0 aromatic heterocycles. The predicted octanol–water partition coefficient (Wildman–Crippen LogP) is 5.08. The molecule has 1 heterocycles. The van der Waals surface area contributed by atoms with Crippen LogP contribution in [0.2, 0.25) is 0 Å². The molecule has 0 saturated carbocycles. The summed E-state index contributed by atoms with van der Waals surface area (Å²) in [4.78, 5) is 14.9. The summed E-state index contributed by atoms with van der Waals surface area (Å²) < 4.78 is 5.67. The maximum Gasteiger partial charge on any atom is 0.257 e. The summed E-state index contributed by atoms with van der Waals surface area (Å²) in [6, 6.07) is 15.2. The van der Waals surface area contributed by atoms with Crippen molar-refractivity contribution in [1.29, 1.82) is 0 Å². The van der Waals surface area contributed by atoms with E-state index in [1.54, 1.807) is 24.3 Å². The minimum Gasteiger partial charge on any atom is -0.493 e. The zero-order chi connectivity index (χ0) is 21.5. The van der Waals surface area contributed by atoms with Crippen molar-refractivity contribution in [3.63, 3.8) is 0 Å². The third kappa shape index (κ3) is 6.20. The second-order valence-electron chi connectivity index (χ2n) is 8.32. The molecule has 5 nitrogen and oxygen atoms in total. The van der Waals surface area contributed by atoms with E-state index in [0.717, 1.165) is 36.1 Å². The Balaban J connectivity index is 1.58. The van der Waals surface area contributed by atoms with Crippen LogP contribution in [0, 0.1) is 11.8 Å². The fourth-order valence-corrected chi connectivity index (χ4v) is 3.60. The molecule has 3 rings (SSSR count). The Hall–Kier alpha value is -2.60. The minimum atomic E-state index is -0.243. The molecule has 0 radical (unpaired) electrons. The van der Waals surface area contributed by atoms with Crippen LogP contribution in [0.25, 0.3) is 0 Å². The van der Waals surface area contributed by atoms with Crippen molar-refractivity contribution in [2.75, 3.05) is 29.9 Å². The number of benzene rings is 2. The largest absolute Gasteiger partial charge is 0.493 e. The van der Waals surface area contributed by atoms with Crippen LogP contribution in [0.4, 0.5) is 11.4 Å². The van der Waals surface area contributed by atoms with Crippen molar-refractivity contribution in [3.05, 3.63) is 54.1 Å². The Morgan fingerprint density at radius 3 is 2.47 bits per heavy atom. The fraction of sp³-hybridized carbons (Fsp3) is 0.417. The third-order valence-corrected chi connectivity index (χ3v) is 5.41. The molecule has 1 amide bonds. The van der Waals surface area contributed by atoms with Crippen LogP contribution in [-0.4, -0.2) is 30.7 Å². The van der Waals surface area contributed by atoms with Crippen molar-refractivity contribution >= 4 is 34.6 Å². The minimum absolute atomic E-state index is 0.243. The lowest BCUT2D eigenvalue weighted by Gasteiger charge is -2.33. The summed E-state index contributed by atoms with van der Waals surface area (Å²) in [6.45, 7) is 9.21. The molecule has 0 atom stereocenters. The number of thiocarbonyl (C=S) groups is 1. The van der Waals surface area contributed by atoms with Gasteiger partial charge in [0.2, 0.25) is 0 Å². The van der Waals surface area contributed by atoms with Crippen LogP contribution in [0.1, 0.15) is 44.0 Å². The maximum absolute atomic E-state index is 12.6. The van der Waals surface area contributed by atoms with Gasteiger partial charge in [0.05, 0.1) is 18.0 Å². The van der Waals surface area contributed by atoms with Gasteiger partial charge in [0.1, 0.15) is 5.75 Å². The summed E-state index contributed by atoms with van der Waals surface area (Å²) in [5.41, 5.74) is 2.57. The number of piperidine rings is 1. The van der Waals surface area contributed by atoms with E-state index in [1.165, 1.54) is 12.8 Å². The summed E-state index contributed by atoms with van der Waals surface area (Å²) in [7, 11) is 0. The highest BCUT2D eigenvalue weighted by molar-refractivity contribution is 7.80. The SMILES string of the molecule is CC(C)COc1ccc(C(=O)NC(=S)Nc2ccccc2N2CCC(C)CC2)cc1. The van der Waals surface area contributed by atoms with E-state index in [0.29, 0.717) is 18.1 Å². The van der Waals surface area contributed by atoms with Gasteiger partial charge in [-0.15, -0.1) is 0 Å². The van der Waals surface area contributed by atoms with Crippen LogP contribution < -0.4 is 20.3 Å². The van der Waals surface area contributed by atoms with Gasteiger partial charge < -0.3 is 15.0 Å². The number of anilines is 2. The second-order valence-corrected chi connectivity index (χ2v) is 8.73. The number of ether oxygens (including phenoxy) is 1. The summed E-state index contributed by atoms with van der Waals surface area (Å²) in [5, 5.41) is 6.26. The normalized spacial score (nSPS) is 14.5. The monoisotopic (exact) mass is 425 g/mol. The fourth-order valence-electron chi connectivity index (χ4n) is 3.40. The van der Waals surface area contributed by atoms with Crippen molar-refractivity contribution in [1.82, 2.24) is 5.32 Å². The Morgan fingerprint density at radius 1 is 1.13 bits per heavy atom. The smallest absolute Gasteiger partial charge is 0.257 e. The lowest BCUT2D eigenvalue weighted by molar-refractivity contribution is 0.0977. The molecule has 30 heavy (non-hydrogen) atoms. The highest BCUT2D eigenvalue weighted by Gasteiger charge is 2.19. The molecule has 2 N–H and O–H groups in total. The van der Waals surface area contributed by atoms with E-state index < -0.39 is 0 Å². The van der Waals surface area contributed by atoms with Gasteiger partial charge in [-0.3, -0.25) is 10.1 Å². The zero-order valence-electron chi connectivity index (χ0n) is 18.0. The molecule has 1 fully saturated rings. The first-order valence-electron chi connectivity index (χ1n) is 10.6. The summed E-state index contributed by atoms with van der Waals surface area (Å²) in [5.74, 6) is 1.73. The standard InChI is InChI=1S/C24H31N3O2S/c1-17(2)16-29-20-10-8-19(9-11-20)23(28)26-24(30)25-21-6-4-5-7-22(21)27-14-12-18(3)13-15-27/h4-11,17-18H,12-16H2,1-3H3,(H2,25,26,28,30). The van der Waals surface area contributed by atoms with E-state index >= 15 is 0 Å². The molecule has 2 aromatic carbocycles. The summed E-state index contributed by atoms with van der Waals surface area (Å²) in [6.07, 6.45) is 2.37. The van der Waals surface area contributed by atoms with E-state index in [1.807, 2.05) is 18.2 Å². The molecule has 0 bridgehead atoms. The second kappa shape index (κ2) is 10.4. The van der Waals surface area contributed by atoms with Crippen LogP contribution in [0.3, 0.4) is 0 Å². The van der Waals surface area contributed by atoms with Crippen molar-refractivity contribution in [3.8, 4) is 5.75 Å². The molecule has 1 aliphatic rings. The van der Waals surface area contributed by atoms with Gasteiger partial charge in [-0.05, 0) is 73.3 Å². The zero-order valence-corrected chi connectivity index (χ0v) is 18.8. The van der Waals surface area contributed by atoms with Crippen molar-refractivity contribution in [2.45, 2.75) is 33.6 Å². The molecule has 6 heteroatoms. The highest BCUT2D eigenvalue weighted by Crippen LogP contribution is 2.29. The number of hydrogen-bond donors (Lipinski definition) is 2. The maximum atomic E-state index is 12.6.